The van der Waals surface area contributed by atoms with Crippen molar-refractivity contribution in [3.05, 3.63) is 107 Å². The van der Waals surface area contributed by atoms with E-state index in [4.69, 9.17) is 18.6 Å². The topological polar surface area (TPSA) is 202 Å². The first-order valence-corrected chi connectivity index (χ1v) is 18.1. The molecule has 1 saturated heterocycles. The quantitative estimate of drug-likeness (QED) is 0.163. The van der Waals surface area contributed by atoms with Crippen LogP contribution >= 0.6 is 0 Å². The number of hydrogen-bond acceptors (Lipinski definition) is 12. The Kier molecular flexibility index (Phi) is 13.8. The van der Waals surface area contributed by atoms with Gasteiger partial charge in [-0.3, -0.25) is 9.59 Å². The molecule has 1 aliphatic heterocycles. The van der Waals surface area contributed by atoms with Crippen molar-refractivity contribution in [2.24, 2.45) is 16.7 Å². The third kappa shape index (κ3) is 7.49. The fourth-order valence-corrected chi connectivity index (χ4v) is 9.37. The summed E-state index contributed by atoms with van der Waals surface area (Å²) in [7, 11) is 0. The fourth-order valence-electron chi connectivity index (χ4n) is 9.37. The Morgan fingerprint density at radius 2 is 1.57 bits per heavy atom. The van der Waals surface area contributed by atoms with Crippen LogP contribution in [0.1, 0.15) is 79.5 Å². The number of esters is 2. The number of rotatable bonds is 8. The van der Waals surface area contributed by atoms with E-state index in [-0.39, 0.29) is 124 Å². The van der Waals surface area contributed by atoms with Gasteiger partial charge in [0.2, 0.25) is 0 Å². The van der Waals surface area contributed by atoms with Gasteiger partial charge in [-0.2, -0.15) is 0 Å². The Morgan fingerprint density at radius 1 is 0.929 bits per heavy atom. The van der Waals surface area contributed by atoms with E-state index in [0.29, 0.717) is 12.0 Å². The molecule has 292 valence electrons. The largest absolute Gasteiger partial charge is 0.459 e. The Balaban J connectivity index is 0.00000300. The smallest absolute Gasteiger partial charge is 0.338 e. The molecule has 2 heterocycles. The normalized spacial score (nSPS) is 32.6. The predicted molar refractivity (Wildman–Crippen MR) is 189 cm³/mol. The van der Waals surface area contributed by atoms with Crippen LogP contribution in [0.5, 0.6) is 0 Å². The number of aliphatic hydroxyl groups is 4. The molecule has 2 saturated carbocycles. The number of furan rings is 1. The van der Waals surface area contributed by atoms with Crippen LogP contribution in [0.4, 0.5) is 0 Å². The van der Waals surface area contributed by atoms with E-state index in [1.807, 2.05) is 0 Å². The van der Waals surface area contributed by atoms with Gasteiger partial charge in [-0.15, -0.1) is 0 Å². The van der Waals surface area contributed by atoms with Crippen molar-refractivity contribution in [3.63, 3.8) is 0 Å². The van der Waals surface area contributed by atoms with E-state index < -0.39 is 94.6 Å². The van der Waals surface area contributed by atoms with Crippen LogP contribution in [0.25, 0.3) is 0 Å². The molecule has 2 radical (unpaired) electrons. The molecule has 0 spiro atoms. The van der Waals surface area contributed by atoms with Crippen LogP contribution in [0.15, 0.2) is 94.6 Å². The van der Waals surface area contributed by atoms with Crippen LogP contribution in [0.2, 0.25) is 0 Å². The van der Waals surface area contributed by atoms with Crippen molar-refractivity contribution in [2.75, 3.05) is 6.61 Å². The number of benzene rings is 2. The van der Waals surface area contributed by atoms with Crippen molar-refractivity contribution in [3.8, 4) is 0 Å². The number of nitrogens with one attached hydrogen (secondary N) is 1. The zero-order valence-corrected chi connectivity index (χ0v) is 41.1. The molecule has 1 amide bonds. The Bertz CT molecular complexity index is 1970. The van der Waals surface area contributed by atoms with Gasteiger partial charge < -0.3 is 44.4 Å². The Hall–Kier alpha value is -1.78. The third-order valence-corrected chi connectivity index (χ3v) is 12.5. The number of fused-ring (bicyclic) bond motifs is 5. The minimum Gasteiger partial charge on any atom is -0.459 e. The Morgan fingerprint density at radius 3 is 2.16 bits per heavy atom. The number of aliphatic hydroxyl groups excluding tert-OH is 2. The molecule has 3 fully saturated rings. The minimum absolute atomic E-state index is 0. The van der Waals surface area contributed by atoms with Gasteiger partial charge in [-0.25, -0.2) is 9.59 Å². The molecule has 15 heteroatoms. The molecular formula is C41H45Ac2NO12. The fraction of sp³-hybridized carbons (Fsp3) is 0.463. The van der Waals surface area contributed by atoms with E-state index in [9.17, 15) is 39.6 Å². The molecular weight excluding hydrogens is 1150 g/mol. The number of carbonyl (C=O) groups is 4. The summed E-state index contributed by atoms with van der Waals surface area (Å²) in [6.45, 7) is 6.20. The van der Waals surface area contributed by atoms with E-state index in [1.54, 1.807) is 76.2 Å². The van der Waals surface area contributed by atoms with Gasteiger partial charge in [0, 0.05) is 111 Å². The van der Waals surface area contributed by atoms with Crippen LogP contribution in [0, 0.1) is 105 Å². The van der Waals surface area contributed by atoms with Gasteiger partial charge in [0.05, 0.1) is 30.6 Å². The molecule has 1 aromatic heterocycles. The summed E-state index contributed by atoms with van der Waals surface area (Å²) in [5.41, 5.74) is -6.03. The van der Waals surface area contributed by atoms with Gasteiger partial charge in [0.15, 0.2) is 17.6 Å². The number of ketones is 1. The third-order valence-electron chi connectivity index (χ3n) is 12.5. The van der Waals surface area contributed by atoms with Gasteiger partial charge >= 0.3 is 11.9 Å². The number of carbonyl (C=O) groups excluding carboxylic acids is 4. The molecule has 10 atom stereocenters. The van der Waals surface area contributed by atoms with E-state index >= 15 is 0 Å². The SMILES string of the molecule is CC1=C2C(O)C(=O)[C@]3(C)CCC4OCC4(O)C3[C@H](OC(=O)c3ccccc3)C(O)(CC1OC(=O)C(O)C(NC(=O)c1ccco1)c1ccccc1)C2(C)C.[Ac].[Ac]. The summed E-state index contributed by atoms with van der Waals surface area (Å²) in [6.07, 6.45) is -6.11. The maximum atomic E-state index is 14.6. The summed E-state index contributed by atoms with van der Waals surface area (Å²) in [5.74, 6) is -4.66. The second-order valence-corrected chi connectivity index (χ2v) is 15.7. The molecule has 7 rings (SSSR count). The second-order valence-electron chi connectivity index (χ2n) is 15.7. The molecule has 8 unspecified atom stereocenters. The molecule has 2 aromatic carbocycles. The maximum absolute atomic E-state index is 14.6. The van der Waals surface area contributed by atoms with Crippen LogP contribution in [-0.4, -0.2) is 92.4 Å². The number of amides is 1. The first-order chi connectivity index (χ1) is 25.5. The predicted octanol–water partition coefficient (Wildman–Crippen LogP) is 3.22. The summed E-state index contributed by atoms with van der Waals surface area (Å²) < 4.78 is 23.2. The second kappa shape index (κ2) is 17.1. The van der Waals surface area contributed by atoms with Gasteiger partial charge in [-0.05, 0) is 60.7 Å². The average Bonchev–Trinajstić information content (AvgIpc) is 3.70. The zero-order valence-electron chi connectivity index (χ0n) is 31.6. The molecule has 5 N–H and O–H groups in total. The number of Topliss-reactive ketones (excluding diaryl/α,β-unsaturated/α-hetero) is 1. The van der Waals surface area contributed by atoms with Gasteiger partial charge in [0.25, 0.3) is 5.91 Å². The van der Waals surface area contributed by atoms with Crippen molar-refractivity contribution in [1.82, 2.24) is 5.32 Å². The molecule has 56 heavy (non-hydrogen) atoms. The molecule has 2 bridgehead atoms. The van der Waals surface area contributed by atoms with Crippen molar-refractivity contribution >= 4 is 23.6 Å². The monoisotopic (exact) mass is 1200 g/mol. The standard InChI is InChI=1S/C41H45NO12.2Ac/c1-22-26(53-37(48)31(44)29(23-12-7-5-8-13-23)42-35(46)25-16-11-19-51-25)20-41(50)34(54-36(47)24-14-9-6-10-15-24)32-39(4,18-17-27-40(32,49)21-52-27)33(45)30(43)28(22)38(41,2)3;;/h5-16,19,26-27,29-32,34,43-44,49-50H,17-18,20-21H2,1-4H3,(H,42,46);;/t26?,27?,29?,30?,31?,32?,34-,39+,40?,41?;;/m0../s1. The minimum atomic E-state index is -2.19. The first kappa shape index (κ1) is 45.3. The van der Waals surface area contributed by atoms with Gasteiger partial charge in [0.1, 0.15) is 29.5 Å². The molecule has 3 aliphatic carbocycles. The molecule has 13 nitrogen and oxygen atoms in total. The summed E-state index contributed by atoms with van der Waals surface area (Å²) in [5, 5.41) is 51.7. The molecule has 3 aromatic rings. The number of hydrogen-bond donors (Lipinski definition) is 5. The summed E-state index contributed by atoms with van der Waals surface area (Å²) in [4.78, 5) is 55.6. The maximum Gasteiger partial charge on any atom is 0.338 e. The number of ether oxygens (including phenoxy) is 3. The van der Waals surface area contributed by atoms with Crippen LogP contribution < -0.4 is 5.32 Å². The van der Waals surface area contributed by atoms with E-state index in [2.05, 4.69) is 5.32 Å². The van der Waals surface area contributed by atoms with E-state index in [0.717, 1.165) is 0 Å². The van der Waals surface area contributed by atoms with Crippen LogP contribution in [0.3, 0.4) is 0 Å². The zero-order chi connectivity index (χ0) is 38.8. The average molecular weight is 1200 g/mol. The van der Waals surface area contributed by atoms with Crippen molar-refractivity contribution < 1.29 is 146 Å². The van der Waals surface area contributed by atoms with Crippen LogP contribution in [-0.2, 0) is 23.8 Å². The summed E-state index contributed by atoms with van der Waals surface area (Å²) >= 11 is 0. The van der Waals surface area contributed by atoms with E-state index in [1.165, 1.54) is 30.5 Å². The van der Waals surface area contributed by atoms with Crippen molar-refractivity contribution in [2.45, 2.75) is 94.7 Å². The van der Waals surface area contributed by atoms with Gasteiger partial charge in [-0.1, -0.05) is 69.3 Å². The van der Waals surface area contributed by atoms with Crippen molar-refractivity contribution in [1.29, 1.82) is 0 Å². The molecule has 4 aliphatic rings. The summed E-state index contributed by atoms with van der Waals surface area (Å²) in [6, 6.07) is 18.0. The Labute approximate surface area is 396 Å². The first-order valence-electron chi connectivity index (χ1n) is 18.1.